The Morgan fingerprint density at radius 2 is 1.17 bits per heavy atom. The van der Waals surface area contributed by atoms with Crippen LogP contribution in [0.4, 0.5) is 0 Å². The van der Waals surface area contributed by atoms with Crippen molar-refractivity contribution in [1.29, 1.82) is 0 Å². The molecular weight excluding hydrogens is 143 g/mol. The van der Waals surface area contributed by atoms with Gasteiger partial charge in [-0.2, -0.15) is 0 Å². The van der Waals surface area contributed by atoms with E-state index in [4.69, 9.17) is 0 Å². The van der Waals surface area contributed by atoms with E-state index in [-0.39, 0.29) is 25.0 Å². The Balaban J connectivity index is 0.000000563. The normalized spacial score (nSPS) is 55.2. The predicted octanol–water partition coefficient (Wildman–Crippen LogP) is 1.15. The summed E-state index contributed by atoms with van der Waals surface area (Å²) in [5, 5.41) is 9.83. The molecule has 2 heteroatoms. The Bertz CT molecular complexity index is 153. The SMILES string of the molecule is OC1C2CC3CC(C2)CC1C3.[LiH]. The zero-order valence-electron chi connectivity index (χ0n) is 6.87. The second-order valence-corrected chi connectivity index (χ2v) is 4.92. The number of hydrogen-bond donors (Lipinski definition) is 1. The molecule has 0 saturated heterocycles. The molecule has 4 aliphatic carbocycles. The minimum atomic E-state index is 0. The van der Waals surface area contributed by atoms with Gasteiger partial charge in [0, 0.05) is 0 Å². The van der Waals surface area contributed by atoms with Gasteiger partial charge in [0.25, 0.3) is 0 Å². The molecule has 0 aromatic heterocycles. The van der Waals surface area contributed by atoms with E-state index in [0.717, 1.165) is 11.8 Å². The van der Waals surface area contributed by atoms with Gasteiger partial charge in [-0.1, -0.05) is 0 Å². The molecule has 1 nitrogen and oxygen atoms in total. The van der Waals surface area contributed by atoms with E-state index >= 15 is 0 Å². The fraction of sp³-hybridized carbons (Fsp3) is 1.00. The van der Waals surface area contributed by atoms with E-state index < -0.39 is 0 Å². The molecule has 0 heterocycles. The third kappa shape index (κ3) is 1.18. The first kappa shape index (κ1) is 9.13. The van der Waals surface area contributed by atoms with Gasteiger partial charge in [0.1, 0.15) is 0 Å². The molecule has 0 amide bonds. The number of hydrogen-bond acceptors (Lipinski definition) is 1. The van der Waals surface area contributed by atoms with E-state index in [2.05, 4.69) is 0 Å². The van der Waals surface area contributed by atoms with Crippen LogP contribution in [0.25, 0.3) is 0 Å². The molecule has 4 rings (SSSR count). The molecule has 4 saturated carbocycles. The number of aliphatic hydroxyl groups is 1. The summed E-state index contributed by atoms with van der Waals surface area (Å²) in [6, 6.07) is 0. The van der Waals surface area contributed by atoms with Crippen molar-refractivity contribution in [2.24, 2.45) is 23.7 Å². The third-order valence-electron chi connectivity index (χ3n) is 4.18. The first-order valence-electron chi connectivity index (χ1n) is 5.01. The van der Waals surface area contributed by atoms with Crippen molar-refractivity contribution in [3.8, 4) is 0 Å². The quantitative estimate of drug-likeness (QED) is 0.527. The first-order valence-corrected chi connectivity index (χ1v) is 5.01. The monoisotopic (exact) mass is 160 g/mol. The van der Waals surface area contributed by atoms with Crippen LogP contribution < -0.4 is 0 Å². The van der Waals surface area contributed by atoms with Gasteiger partial charge in [0.05, 0.1) is 6.10 Å². The molecule has 12 heavy (non-hydrogen) atoms. The van der Waals surface area contributed by atoms with Crippen LogP contribution in [0.2, 0.25) is 0 Å². The van der Waals surface area contributed by atoms with Crippen molar-refractivity contribution >= 4 is 18.9 Å². The van der Waals surface area contributed by atoms with Gasteiger partial charge in [-0.3, -0.25) is 0 Å². The summed E-state index contributed by atoms with van der Waals surface area (Å²) in [6.07, 6.45) is 6.94. The molecule has 1 N–H and O–H groups in total. The molecule has 0 radical (unpaired) electrons. The molecule has 0 aliphatic heterocycles. The molecule has 64 valence electrons. The molecule has 0 aromatic rings. The fourth-order valence-corrected chi connectivity index (χ4v) is 3.90. The summed E-state index contributed by atoms with van der Waals surface area (Å²) in [6.45, 7) is 0. The second-order valence-electron chi connectivity index (χ2n) is 4.92. The number of aliphatic hydroxyl groups excluding tert-OH is 1. The van der Waals surface area contributed by atoms with Crippen LogP contribution >= 0.6 is 0 Å². The van der Waals surface area contributed by atoms with Gasteiger partial charge in [-0.15, -0.1) is 0 Å². The zero-order valence-corrected chi connectivity index (χ0v) is 6.87. The van der Waals surface area contributed by atoms with Gasteiger partial charge in [0.15, 0.2) is 0 Å². The van der Waals surface area contributed by atoms with Crippen molar-refractivity contribution < 1.29 is 5.11 Å². The van der Waals surface area contributed by atoms with Crippen LogP contribution in [0, 0.1) is 23.7 Å². The summed E-state index contributed by atoms with van der Waals surface area (Å²) >= 11 is 0. The van der Waals surface area contributed by atoms with E-state index in [1.165, 1.54) is 32.1 Å². The third-order valence-corrected chi connectivity index (χ3v) is 4.18. The van der Waals surface area contributed by atoms with Crippen LogP contribution in [0.3, 0.4) is 0 Å². The summed E-state index contributed by atoms with van der Waals surface area (Å²) in [5.41, 5.74) is 0. The van der Waals surface area contributed by atoms with Crippen molar-refractivity contribution in [3.05, 3.63) is 0 Å². The minimum absolute atomic E-state index is 0. The summed E-state index contributed by atoms with van der Waals surface area (Å²) < 4.78 is 0. The van der Waals surface area contributed by atoms with E-state index in [1.54, 1.807) is 0 Å². The van der Waals surface area contributed by atoms with Crippen molar-refractivity contribution in [2.45, 2.75) is 38.2 Å². The molecule has 4 fully saturated rings. The molecular formula is C10H17LiO. The van der Waals surface area contributed by atoms with Crippen molar-refractivity contribution in [3.63, 3.8) is 0 Å². The van der Waals surface area contributed by atoms with E-state index in [0.29, 0.717) is 11.8 Å². The average molecular weight is 160 g/mol. The number of rotatable bonds is 0. The van der Waals surface area contributed by atoms with Crippen LogP contribution in [0.1, 0.15) is 32.1 Å². The molecule has 4 bridgehead atoms. The van der Waals surface area contributed by atoms with Crippen LogP contribution in [0.5, 0.6) is 0 Å². The summed E-state index contributed by atoms with van der Waals surface area (Å²) in [7, 11) is 0. The standard InChI is InChI=1S/C10H16O.Li.H/c11-10-8-2-6-1-7(4-8)5-9(10)3-6;;/h6-11H,1-5H2;;. The van der Waals surface area contributed by atoms with Gasteiger partial charge < -0.3 is 5.11 Å². The van der Waals surface area contributed by atoms with Crippen LogP contribution in [-0.2, 0) is 0 Å². The Morgan fingerprint density at radius 3 is 1.58 bits per heavy atom. The molecule has 0 atom stereocenters. The molecule has 0 aromatic carbocycles. The average Bonchev–Trinajstić information content (AvgIpc) is 1.98. The van der Waals surface area contributed by atoms with Crippen molar-refractivity contribution in [1.82, 2.24) is 0 Å². The van der Waals surface area contributed by atoms with Crippen molar-refractivity contribution in [2.75, 3.05) is 0 Å². The van der Waals surface area contributed by atoms with Crippen LogP contribution in [0.15, 0.2) is 0 Å². The Kier molecular flexibility index (Phi) is 2.32. The Morgan fingerprint density at radius 1 is 0.750 bits per heavy atom. The van der Waals surface area contributed by atoms with Gasteiger partial charge in [0.2, 0.25) is 0 Å². The predicted molar refractivity (Wildman–Crippen MR) is 50.2 cm³/mol. The second kappa shape index (κ2) is 3.05. The molecule has 0 unspecified atom stereocenters. The first-order chi connectivity index (χ1) is 5.33. The maximum atomic E-state index is 9.83. The summed E-state index contributed by atoms with van der Waals surface area (Å²) in [5.74, 6) is 3.40. The van der Waals surface area contributed by atoms with E-state index in [9.17, 15) is 5.11 Å². The zero-order chi connectivity index (χ0) is 7.42. The molecule has 0 spiro atoms. The van der Waals surface area contributed by atoms with Crippen LogP contribution in [-0.4, -0.2) is 30.1 Å². The van der Waals surface area contributed by atoms with E-state index in [1.807, 2.05) is 0 Å². The Hall–Kier alpha value is 0.557. The topological polar surface area (TPSA) is 20.2 Å². The van der Waals surface area contributed by atoms with Gasteiger partial charge >= 0.3 is 18.9 Å². The van der Waals surface area contributed by atoms with Gasteiger partial charge in [-0.05, 0) is 55.8 Å². The fourth-order valence-electron chi connectivity index (χ4n) is 3.90. The Labute approximate surface area is 86.1 Å². The summed E-state index contributed by atoms with van der Waals surface area (Å²) in [4.78, 5) is 0. The maximum absolute atomic E-state index is 9.83. The van der Waals surface area contributed by atoms with Gasteiger partial charge in [-0.25, -0.2) is 0 Å². The molecule has 4 aliphatic rings.